The van der Waals surface area contributed by atoms with Crippen molar-refractivity contribution >= 4 is 6.09 Å². The Morgan fingerprint density at radius 3 is 2.45 bits per heavy atom. The maximum Gasteiger partial charge on any atom is 0.410 e. The molecule has 2 fully saturated rings. The van der Waals surface area contributed by atoms with Crippen LogP contribution in [0.4, 0.5) is 4.79 Å². The molecule has 4 nitrogen and oxygen atoms in total. The zero-order chi connectivity index (χ0) is 16.8. The van der Waals surface area contributed by atoms with Gasteiger partial charge in [0.15, 0.2) is 0 Å². The van der Waals surface area contributed by atoms with Crippen LogP contribution < -0.4 is 5.32 Å². The van der Waals surface area contributed by atoms with Crippen LogP contribution in [0.1, 0.15) is 60.8 Å². The third-order valence-electron chi connectivity index (χ3n) is 5.77. The van der Waals surface area contributed by atoms with Gasteiger partial charge in [-0.05, 0) is 56.8 Å². The highest BCUT2D eigenvalue weighted by atomic mass is 16.6. The van der Waals surface area contributed by atoms with E-state index in [9.17, 15) is 4.79 Å². The zero-order valence-electron chi connectivity index (χ0n) is 15.5. The number of rotatable bonds is 4. The van der Waals surface area contributed by atoms with Gasteiger partial charge in [-0.25, -0.2) is 4.79 Å². The standard InChI is InChI=1S/C18H34N2O2/c1-16(2,3)22-15(21)20(7)11-10-19-14-17(4,5)13-8-9-18(14,6)12-13/h13-14,19H,8-12H2,1-7H3. The van der Waals surface area contributed by atoms with Gasteiger partial charge < -0.3 is 15.0 Å². The highest BCUT2D eigenvalue weighted by Crippen LogP contribution is 2.62. The summed E-state index contributed by atoms with van der Waals surface area (Å²) < 4.78 is 5.39. The average molecular weight is 310 g/mol. The minimum atomic E-state index is -0.432. The summed E-state index contributed by atoms with van der Waals surface area (Å²) in [6.07, 6.45) is 3.81. The second-order valence-electron chi connectivity index (χ2n) is 9.20. The Labute approximate surface area is 136 Å². The fourth-order valence-corrected chi connectivity index (χ4v) is 4.62. The Hall–Kier alpha value is -0.770. The Balaban J connectivity index is 1.83. The topological polar surface area (TPSA) is 41.6 Å². The van der Waals surface area contributed by atoms with Gasteiger partial charge >= 0.3 is 6.09 Å². The molecule has 4 heteroatoms. The van der Waals surface area contributed by atoms with E-state index in [4.69, 9.17) is 4.74 Å². The van der Waals surface area contributed by atoms with Gasteiger partial charge in [0, 0.05) is 26.2 Å². The second-order valence-corrected chi connectivity index (χ2v) is 9.20. The summed E-state index contributed by atoms with van der Waals surface area (Å²) in [6, 6.07) is 0.547. The van der Waals surface area contributed by atoms with E-state index in [0.717, 1.165) is 12.5 Å². The van der Waals surface area contributed by atoms with E-state index in [0.29, 0.717) is 23.4 Å². The van der Waals surface area contributed by atoms with Gasteiger partial charge in [0.2, 0.25) is 0 Å². The number of carbonyl (C=O) groups is 1. The van der Waals surface area contributed by atoms with Gasteiger partial charge in [-0.15, -0.1) is 0 Å². The minimum Gasteiger partial charge on any atom is -0.444 e. The molecule has 2 aliphatic rings. The van der Waals surface area contributed by atoms with Crippen LogP contribution in [0.3, 0.4) is 0 Å². The molecule has 3 unspecified atom stereocenters. The van der Waals surface area contributed by atoms with Crippen LogP contribution in [0.25, 0.3) is 0 Å². The summed E-state index contributed by atoms with van der Waals surface area (Å²) in [5, 5.41) is 3.74. The third kappa shape index (κ3) is 3.42. The summed E-state index contributed by atoms with van der Waals surface area (Å²) in [5.41, 5.74) is 0.356. The molecule has 1 amide bonds. The van der Waals surface area contributed by atoms with Crippen molar-refractivity contribution in [2.75, 3.05) is 20.1 Å². The van der Waals surface area contributed by atoms with Crippen molar-refractivity contribution in [1.82, 2.24) is 10.2 Å². The molecule has 22 heavy (non-hydrogen) atoms. The number of likely N-dealkylation sites (N-methyl/N-ethyl adjacent to an activating group) is 1. The maximum absolute atomic E-state index is 12.0. The Morgan fingerprint density at radius 2 is 1.95 bits per heavy atom. The summed E-state index contributed by atoms with van der Waals surface area (Å²) >= 11 is 0. The van der Waals surface area contributed by atoms with Crippen molar-refractivity contribution in [2.45, 2.75) is 72.4 Å². The molecule has 2 saturated carbocycles. The van der Waals surface area contributed by atoms with Crippen LogP contribution in [0.2, 0.25) is 0 Å². The predicted molar refractivity (Wildman–Crippen MR) is 89.9 cm³/mol. The van der Waals surface area contributed by atoms with Crippen molar-refractivity contribution in [1.29, 1.82) is 0 Å². The van der Waals surface area contributed by atoms with E-state index >= 15 is 0 Å². The first-order valence-electron chi connectivity index (χ1n) is 8.63. The fraction of sp³-hybridized carbons (Fsp3) is 0.944. The van der Waals surface area contributed by atoms with Gasteiger partial charge in [0.1, 0.15) is 5.60 Å². The van der Waals surface area contributed by atoms with Crippen molar-refractivity contribution in [3.63, 3.8) is 0 Å². The van der Waals surface area contributed by atoms with Gasteiger partial charge in [0.05, 0.1) is 0 Å². The maximum atomic E-state index is 12.0. The van der Waals surface area contributed by atoms with E-state index < -0.39 is 5.60 Å². The summed E-state index contributed by atoms with van der Waals surface area (Å²) in [7, 11) is 1.81. The van der Waals surface area contributed by atoms with Gasteiger partial charge in [-0.3, -0.25) is 0 Å². The van der Waals surface area contributed by atoms with Gasteiger partial charge in [-0.2, -0.15) is 0 Å². The normalized spacial score (nSPS) is 33.0. The lowest BCUT2D eigenvalue weighted by Crippen LogP contribution is -2.52. The lowest BCUT2D eigenvalue weighted by Gasteiger charge is -2.43. The van der Waals surface area contributed by atoms with Crippen LogP contribution in [-0.4, -0.2) is 42.8 Å². The molecule has 2 aliphatic carbocycles. The SMILES string of the molecule is CN(CCNC1C2(C)CCC(C2)C1(C)C)C(=O)OC(C)(C)C. The molecule has 0 saturated heterocycles. The van der Waals surface area contributed by atoms with E-state index in [1.165, 1.54) is 19.3 Å². The molecule has 128 valence electrons. The monoisotopic (exact) mass is 310 g/mol. The Bertz CT molecular complexity index is 423. The predicted octanol–water partition coefficient (Wildman–Crippen LogP) is 3.66. The Kier molecular flexibility index (Phi) is 4.55. The lowest BCUT2D eigenvalue weighted by molar-refractivity contribution is 0.0291. The first kappa shape index (κ1) is 17.6. The zero-order valence-corrected chi connectivity index (χ0v) is 15.5. The molecule has 2 bridgehead atoms. The third-order valence-corrected chi connectivity index (χ3v) is 5.77. The number of hydrogen-bond acceptors (Lipinski definition) is 3. The number of amides is 1. The van der Waals surface area contributed by atoms with Gasteiger partial charge in [-0.1, -0.05) is 20.8 Å². The molecule has 0 aromatic heterocycles. The molecular formula is C18H34N2O2. The van der Waals surface area contributed by atoms with Gasteiger partial charge in [0.25, 0.3) is 0 Å². The van der Waals surface area contributed by atoms with Crippen molar-refractivity contribution in [3.8, 4) is 0 Å². The van der Waals surface area contributed by atoms with Crippen molar-refractivity contribution in [3.05, 3.63) is 0 Å². The van der Waals surface area contributed by atoms with Crippen LogP contribution in [0.15, 0.2) is 0 Å². The molecule has 3 atom stereocenters. The lowest BCUT2D eigenvalue weighted by atomic mass is 9.68. The molecule has 0 radical (unpaired) electrons. The Morgan fingerprint density at radius 1 is 1.32 bits per heavy atom. The molecule has 0 spiro atoms. The fourth-order valence-electron chi connectivity index (χ4n) is 4.62. The number of fused-ring (bicyclic) bond motifs is 2. The van der Waals surface area contributed by atoms with Crippen LogP contribution >= 0.6 is 0 Å². The summed E-state index contributed by atoms with van der Waals surface area (Å²) in [4.78, 5) is 13.6. The molecule has 2 rings (SSSR count). The quantitative estimate of drug-likeness (QED) is 0.861. The van der Waals surface area contributed by atoms with E-state index in [1.54, 1.807) is 4.90 Å². The van der Waals surface area contributed by atoms with Crippen molar-refractivity contribution in [2.24, 2.45) is 16.7 Å². The number of carbonyl (C=O) groups excluding carboxylic acids is 1. The molecule has 1 N–H and O–H groups in total. The molecule has 0 aliphatic heterocycles. The average Bonchev–Trinajstić information content (AvgIpc) is 2.82. The molecule has 0 heterocycles. The van der Waals surface area contributed by atoms with E-state index in [2.05, 4.69) is 26.1 Å². The minimum absolute atomic E-state index is 0.243. The largest absolute Gasteiger partial charge is 0.444 e. The van der Waals surface area contributed by atoms with E-state index in [-0.39, 0.29) is 6.09 Å². The highest BCUT2D eigenvalue weighted by Gasteiger charge is 2.58. The first-order chi connectivity index (χ1) is 9.96. The van der Waals surface area contributed by atoms with Crippen molar-refractivity contribution < 1.29 is 9.53 Å². The van der Waals surface area contributed by atoms with Crippen LogP contribution in [-0.2, 0) is 4.74 Å². The number of hydrogen-bond donors (Lipinski definition) is 1. The smallest absolute Gasteiger partial charge is 0.410 e. The summed E-state index contributed by atoms with van der Waals surface area (Å²) in [5.74, 6) is 0.846. The number of nitrogens with zero attached hydrogens (tertiary/aromatic N) is 1. The van der Waals surface area contributed by atoms with Crippen LogP contribution in [0.5, 0.6) is 0 Å². The molecule has 0 aromatic carbocycles. The highest BCUT2D eigenvalue weighted by molar-refractivity contribution is 5.67. The molecular weight excluding hydrogens is 276 g/mol. The number of nitrogens with one attached hydrogen (secondary N) is 1. The number of ether oxygens (including phenoxy) is 1. The van der Waals surface area contributed by atoms with Crippen LogP contribution in [0, 0.1) is 16.7 Å². The molecule has 0 aromatic rings. The van der Waals surface area contributed by atoms with E-state index in [1.807, 2.05) is 27.8 Å². The second kappa shape index (κ2) is 5.70. The first-order valence-corrected chi connectivity index (χ1v) is 8.63. The summed E-state index contributed by atoms with van der Waals surface area (Å²) in [6.45, 7) is 14.4.